The number of halogens is 1. The largest absolute Gasteiger partial charge is 0.471 e. The number of hydrogen-bond acceptors (Lipinski definition) is 5. The number of aromatic nitrogens is 4. The third-order valence-corrected chi connectivity index (χ3v) is 4.69. The Labute approximate surface area is 188 Å². The molecule has 0 aliphatic rings. The molecular formula is C22H19ClN6O3. The fourth-order valence-corrected chi connectivity index (χ4v) is 3.02. The van der Waals surface area contributed by atoms with E-state index in [1.807, 2.05) is 0 Å². The van der Waals surface area contributed by atoms with E-state index in [9.17, 15) is 9.59 Å². The Kier molecular flexibility index (Phi) is 6.18. The molecule has 0 spiro atoms. The van der Waals surface area contributed by atoms with E-state index in [1.54, 1.807) is 78.6 Å². The van der Waals surface area contributed by atoms with Crippen LogP contribution >= 0.6 is 11.6 Å². The third-order valence-electron chi connectivity index (χ3n) is 4.44. The molecular weight excluding hydrogens is 432 g/mol. The molecule has 0 aliphatic carbocycles. The summed E-state index contributed by atoms with van der Waals surface area (Å²) >= 11 is 5.87. The molecule has 2 aromatic heterocycles. The molecule has 4 rings (SSSR count). The summed E-state index contributed by atoms with van der Waals surface area (Å²) in [5.74, 6) is -0.102. The van der Waals surface area contributed by atoms with Crippen LogP contribution < -0.4 is 15.4 Å². The molecule has 0 aliphatic heterocycles. The minimum Gasteiger partial charge on any atom is -0.471 e. The average molecular weight is 451 g/mol. The van der Waals surface area contributed by atoms with Gasteiger partial charge < -0.3 is 15.4 Å². The van der Waals surface area contributed by atoms with Crippen LogP contribution in [-0.4, -0.2) is 31.4 Å². The average Bonchev–Trinajstić information content (AvgIpc) is 3.43. The Morgan fingerprint density at radius 3 is 2.41 bits per heavy atom. The van der Waals surface area contributed by atoms with E-state index in [-0.39, 0.29) is 18.5 Å². The van der Waals surface area contributed by atoms with Gasteiger partial charge in [-0.25, -0.2) is 4.68 Å². The van der Waals surface area contributed by atoms with Crippen molar-refractivity contribution in [2.75, 3.05) is 10.6 Å². The zero-order valence-electron chi connectivity index (χ0n) is 17.0. The Hall–Kier alpha value is -4.11. The number of carbonyl (C=O) groups excluding carboxylic acids is 2. The Bertz CT molecular complexity index is 1250. The van der Waals surface area contributed by atoms with Crippen LogP contribution in [0.3, 0.4) is 0 Å². The smallest absolute Gasteiger partial charge is 0.276 e. The first kappa shape index (κ1) is 21.1. The normalized spacial score (nSPS) is 10.6. The first-order chi connectivity index (χ1) is 15.5. The second-order valence-corrected chi connectivity index (χ2v) is 7.24. The predicted octanol–water partition coefficient (Wildman–Crippen LogP) is 3.81. The minimum absolute atomic E-state index is 0.0531. The number of aryl methyl sites for hydroxylation is 1. The topological polar surface area (TPSA) is 103 Å². The van der Waals surface area contributed by atoms with Gasteiger partial charge in [-0.15, -0.1) is 0 Å². The SMILES string of the molecule is Cn1ccc(C(=O)Nc2cccc(NC(=O)c3ccnn3COc3ccc(Cl)cc3)c2)n1. The molecule has 162 valence electrons. The van der Waals surface area contributed by atoms with Gasteiger partial charge >= 0.3 is 0 Å². The molecule has 2 aromatic carbocycles. The fraction of sp³-hybridized carbons (Fsp3) is 0.0909. The van der Waals surface area contributed by atoms with Gasteiger partial charge in [0, 0.05) is 35.8 Å². The first-order valence-corrected chi connectivity index (χ1v) is 9.98. The van der Waals surface area contributed by atoms with Crippen molar-refractivity contribution < 1.29 is 14.3 Å². The molecule has 4 aromatic rings. The van der Waals surface area contributed by atoms with Crippen LogP contribution in [0.1, 0.15) is 21.0 Å². The predicted molar refractivity (Wildman–Crippen MR) is 120 cm³/mol. The van der Waals surface area contributed by atoms with Crippen molar-refractivity contribution in [3.8, 4) is 5.75 Å². The molecule has 0 saturated heterocycles. The quantitative estimate of drug-likeness (QED) is 0.445. The number of nitrogens with zero attached hydrogens (tertiary/aromatic N) is 4. The molecule has 2 N–H and O–H groups in total. The molecule has 0 saturated carbocycles. The van der Waals surface area contributed by atoms with E-state index < -0.39 is 0 Å². The molecule has 2 heterocycles. The molecule has 0 unspecified atom stereocenters. The highest BCUT2D eigenvalue weighted by Crippen LogP contribution is 2.18. The zero-order valence-corrected chi connectivity index (χ0v) is 17.8. The van der Waals surface area contributed by atoms with Crippen LogP contribution in [-0.2, 0) is 13.8 Å². The monoisotopic (exact) mass is 450 g/mol. The highest BCUT2D eigenvalue weighted by atomic mass is 35.5. The maximum atomic E-state index is 12.8. The second-order valence-electron chi connectivity index (χ2n) is 6.81. The van der Waals surface area contributed by atoms with Crippen LogP contribution in [0.4, 0.5) is 11.4 Å². The molecule has 9 nitrogen and oxygen atoms in total. The van der Waals surface area contributed by atoms with Crippen molar-refractivity contribution in [2.24, 2.45) is 7.05 Å². The van der Waals surface area contributed by atoms with E-state index >= 15 is 0 Å². The Morgan fingerprint density at radius 1 is 1.00 bits per heavy atom. The van der Waals surface area contributed by atoms with Gasteiger partial charge in [-0.3, -0.25) is 14.3 Å². The summed E-state index contributed by atoms with van der Waals surface area (Å²) in [7, 11) is 1.73. The van der Waals surface area contributed by atoms with Crippen LogP contribution in [0.2, 0.25) is 5.02 Å². The Morgan fingerprint density at radius 2 is 1.72 bits per heavy atom. The van der Waals surface area contributed by atoms with Crippen molar-refractivity contribution in [3.63, 3.8) is 0 Å². The van der Waals surface area contributed by atoms with Crippen molar-refractivity contribution in [2.45, 2.75) is 6.73 Å². The number of benzene rings is 2. The lowest BCUT2D eigenvalue weighted by atomic mass is 10.2. The van der Waals surface area contributed by atoms with Crippen LogP contribution in [0.15, 0.2) is 73.1 Å². The number of rotatable bonds is 7. The lowest BCUT2D eigenvalue weighted by Crippen LogP contribution is -2.20. The fourth-order valence-electron chi connectivity index (χ4n) is 2.90. The summed E-state index contributed by atoms with van der Waals surface area (Å²) < 4.78 is 8.65. The van der Waals surface area contributed by atoms with Gasteiger partial charge in [-0.2, -0.15) is 10.2 Å². The highest BCUT2D eigenvalue weighted by Gasteiger charge is 2.14. The van der Waals surface area contributed by atoms with E-state index in [1.165, 1.54) is 10.9 Å². The molecule has 0 radical (unpaired) electrons. The molecule has 0 fully saturated rings. The number of hydrogen-bond donors (Lipinski definition) is 2. The van der Waals surface area contributed by atoms with Crippen LogP contribution in [0, 0.1) is 0 Å². The molecule has 32 heavy (non-hydrogen) atoms. The maximum absolute atomic E-state index is 12.8. The molecule has 0 atom stereocenters. The highest BCUT2D eigenvalue weighted by molar-refractivity contribution is 6.30. The van der Waals surface area contributed by atoms with Crippen LogP contribution in [0.5, 0.6) is 5.75 Å². The van der Waals surface area contributed by atoms with Gasteiger partial charge in [0.05, 0.1) is 0 Å². The molecule has 0 bridgehead atoms. The molecule has 10 heteroatoms. The summed E-state index contributed by atoms with van der Waals surface area (Å²) in [6, 6.07) is 16.9. The summed E-state index contributed by atoms with van der Waals surface area (Å²) in [6.07, 6.45) is 3.20. The van der Waals surface area contributed by atoms with Gasteiger partial charge in [0.15, 0.2) is 12.4 Å². The zero-order chi connectivity index (χ0) is 22.5. The van der Waals surface area contributed by atoms with Crippen molar-refractivity contribution in [3.05, 3.63) is 89.5 Å². The summed E-state index contributed by atoms with van der Waals surface area (Å²) in [4.78, 5) is 25.1. The van der Waals surface area contributed by atoms with E-state index in [4.69, 9.17) is 16.3 Å². The lowest BCUT2D eigenvalue weighted by molar-refractivity contribution is 0.0999. The van der Waals surface area contributed by atoms with Gasteiger partial charge in [0.1, 0.15) is 11.4 Å². The van der Waals surface area contributed by atoms with Gasteiger partial charge in [0.25, 0.3) is 11.8 Å². The maximum Gasteiger partial charge on any atom is 0.276 e. The number of amides is 2. The second kappa shape index (κ2) is 9.36. The van der Waals surface area contributed by atoms with Crippen molar-refractivity contribution in [1.29, 1.82) is 0 Å². The van der Waals surface area contributed by atoms with E-state index in [0.29, 0.717) is 33.5 Å². The summed E-state index contributed by atoms with van der Waals surface area (Å²) in [5, 5.41) is 14.4. The minimum atomic E-state index is -0.365. The number of nitrogens with one attached hydrogen (secondary N) is 2. The summed E-state index contributed by atoms with van der Waals surface area (Å²) in [6.45, 7) is 0.0531. The lowest BCUT2D eigenvalue weighted by Gasteiger charge is -2.11. The Balaban J connectivity index is 1.40. The van der Waals surface area contributed by atoms with E-state index in [2.05, 4.69) is 20.8 Å². The third kappa shape index (κ3) is 5.13. The van der Waals surface area contributed by atoms with Crippen LogP contribution in [0.25, 0.3) is 0 Å². The van der Waals surface area contributed by atoms with Gasteiger partial charge in [0.2, 0.25) is 0 Å². The van der Waals surface area contributed by atoms with Gasteiger partial charge in [-0.05, 0) is 54.6 Å². The molecule has 2 amide bonds. The summed E-state index contributed by atoms with van der Waals surface area (Å²) in [5.41, 5.74) is 1.66. The standard InChI is InChI=1S/C22H19ClN6O3/c1-28-12-10-19(27-28)21(30)25-16-3-2-4-17(13-16)26-22(31)20-9-11-24-29(20)14-32-18-7-5-15(23)6-8-18/h2-13H,14H2,1H3,(H,25,30)(H,26,31). The van der Waals surface area contributed by atoms with Gasteiger partial charge in [-0.1, -0.05) is 17.7 Å². The number of carbonyl (C=O) groups is 2. The van der Waals surface area contributed by atoms with Crippen molar-refractivity contribution >= 4 is 34.8 Å². The van der Waals surface area contributed by atoms with E-state index in [0.717, 1.165) is 0 Å². The first-order valence-electron chi connectivity index (χ1n) is 9.60. The number of anilines is 2. The number of ether oxygens (including phenoxy) is 1. The van der Waals surface area contributed by atoms with Crippen molar-refractivity contribution in [1.82, 2.24) is 19.6 Å².